The van der Waals surface area contributed by atoms with Gasteiger partial charge in [-0.05, 0) is 11.1 Å². The highest BCUT2D eigenvalue weighted by molar-refractivity contribution is 6.05. The largest absolute Gasteiger partial charge is 0.462 e. The van der Waals surface area contributed by atoms with E-state index in [1.165, 1.54) is 0 Å². The van der Waals surface area contributed by atoms with E-state index < -0.39 is 11.9 Å². The molecule has 27 heavy (non-hydrogen) atoms. The molecular weight excluding hydrogens is 342 g/mol. The van der Waals surface area contributed by atoms with Crippen LogP contribution in [0.2, 0.25) is 0 Å². The summed E-state index contributed by atoms with van der Waals surface area (Å²) in [7, 11) is 0. The van der Waals surface area contributed by atoms with E-state index in [1.807, 2.05) is 66.7 Å². The van der Waals surface area contributed by atoms with E-state index in [0.717, 1.165) is 17.2 Å². The predicted octanol–water partition coefficient (Wildman–Crippen LogP) is 3.67. The third-order valence-electron chi connectivity index (χ3n) is 3.62. The third kappa shape index (κ3) is 5.68. The zero-order chi connectivity index (χ0) is 19.5. The fourth-order valence-electron chi connectivity index (χ4n) is 2.40. The molecule has 136 valence electrons. The highest BCUT2D eigenvalue weighted by Gasteiger charge is 2.19. The van der Waals surface area contributed by atoms with Gasteiger partial charge in [-0.3, -0.25) is 0 Å². The molecule has 0 spiro atoms. The molecule has 0 bridgehead atoms. The van der Waals surface area contributed by atoms with E-state index in [4.69, 9.17) is 9.47 Å². The second kappa shape index (κ2) is 10.4. The standard InChI is InChI=1S/C22H19NO4/c1-2-20(24)26-14-9-15-27-22(25)19(16-23)21(17-10-5-3-6-11-17)18-12-7-4-8-13-18/h2-8,10-13H,1,9,14-15H2. The minimum absolute atomic E-state index is 0.0330. The van der Waals surface area contributed by atoms with E-state index >= 15 is 0 Å². The van der Waals surface area contributed by atoms with E-state index in [0.29, 0.717) is 12.0 Å². The molecule has 0 radical (unpaired) electrons. The molecule has 2 aromatic carbocycles. The van der Waals surface area contributed by atoms with Crippen molar-refractivity contribution in [3.05, 3.63) is 90.0 Å². The van der Waals surface area contributed by atoms with Crippen molar-refractivity contribution in [3.63, 3.8) is 0 Å². The van der Waals surface area contributed by atoms with Gasteiger partial charge in [0, 0.05) is 18.1 Å². The van der Waals surface area contributed by atoms with Gasteiger partial charge in [0.1, 0.15) is 11.6 Å². The van der Waals surface area contributed by atoms with Crippen molar-refractivity contribution in [2.24, 2.45) is 0 Å². The van der Waals surface area contributed by atoms with Crippen molar-refractivity contribution in [3.8, 4) is 6.07 Å². The topological polar surface area (TPSA) is 76.4 Å². The molecule has 0 aliphatic carbocycles. The first-order chi connectivity index (χ1) is 13.2. The number of nitriles is 1. The Hall–Kier alpha value is -3.65. The van der Waals surface area contributed by atoms with Gasteiger partial charge in [0.05, 0.1) is 13.2 Å². The smallest absolute Gasteiger partial charge is 0.349 e. The molecular formula is C22H19NO4. The number of hydrogen-bond acceptors (Lipinski definition) is 5. The SMILES string of the molecule is C=CC(=O)OCCCOC(=O)C(C#N)=C(c1ccccc1)c1ccccc1. The molecule has 0 aliphatic rings. The molecule has 0 aliphatic heterocycles. The van der Waals surface area contributed by atoms with Gasteiger partial charge in [-0.15, -0.1) is 0 Å². The normalized spacial score (nSPS) is 9.59. The highest BCUT2D eigenvalue weighted by Crippen LogP contribution is 2.27. The Balaban J connectivity index is 2.21. The van der Waals surface area contributed by atoms with Crippen molar-refractivity contribution < 1.29 is 19.1 Å². The second-order valence-corrected chi connectivity index (χ2v) is 5.45. The number of carbonyl (C=O) groups is 2. The highest BCUT2D eigenvalue weighted by atomic mass is 16.5. The quantitative estimate of drug-likeness (QED) is 0.310. The van der Waals surface area contributed by atoms with Crippen LogP contribution >= 0.6 is 0 Å². The Morgan fingerprint density at radius 1 is 0.926 bits per heavy atom. The monoisotopic (exact) mass is 361 g/mol. The van der Waals surface area contributed by atoms with Gasteiger partial charge in [0.2, 0.25) is 0 Å². The summed E-state index contributed by atoms with van der Waals surface area (Å²) in [5.41, 5.74) is 1.94. The molecule has 0 N–H and O–H groups in total. The summed E-state index contributed by atoms with van der Waals surface area (Å²) < 4.78 is 10.0. The molecule has 0 fully saturated rings. The van der Waals surface area contributed by atoms with Crippen LogP contribution in [0.25, 0.3) is 5.57 Å². The van der Waals surface area contributed by atoms with Crippen LogP contribution in [0.3, 0.4) is 0 Å². The van der Waals surface area contributed by atoms with Gasteiger partial charge in [-0.25, -0.2) is 9.59 Å². The first-order valence-corrected chi connectivity index (χ1v) is 8.39. The van der Waals surface area contributed by atoms with Crippen LogP contribution < -0.4 is 0 Å². The van der Waals surface area contributed by atoms with Crippen molar-refractivity contribution in [2.45, 2.75) is 6.42 Å². The fraction of sp³-hybridized carbons (Fsp3) is 0.136. The van der Waals surface area contributed by atoms with Crippen LogP contribution in [0.15, 0.2) is 78.9 Å². The van der Waals surface area contributed by atoms with Crippen LogP contribution in [0.1, 0.15) is 17.5 Å². The molecule has 0 atom stereocenters. The Labute approximate surface area is 158 Å². The maximum Gasteiger partial charge on any atom is 0.349 e. The Bertz CT molecular complexity index is 823. The molecule has 0 saturated heterocycles. The lowest BCUT2D eigenvalue weighted by atomic mass is 9.93. The van der Waals surface area contributed by atoms with E-state index in [9.17, 15) is 14.9 Å². The average Bonchev–Trinajstić information content (AvgIpc) is 2.72. The van der Waals surface area contributed by atoms with Crippen LogP contribution in [0.5, 0.6) is 0 Å². The number of nitrogens with zero attached hydrogens (tertiary/aromatic N) is 1. The first-order valence-electron chi connectivity index (χ1n) is 8.39. The van der Waals surface area contributed by atoms with Gasteiger partial charge in [-0.2, -0.15) is 5.26 Å². The van der Waals surface area contributed by atoms with Gasteiger partial charge >= 0.3 is 11.9 Å². The van der Waals surface area contributed by atoms with Crippen molar-refractivity contribution in [1.82, 2.24) is 0 Å². The molecule has 0 unspecified atom stereocenters. The summed E-state index contributed by atoms with van der Waals surface area (Å²) in [5, 5.41) is 9.61. The lowest BCUT2D eigenvalue weighted by Gasteiger charge is -2.12. The lowest BCUT2D eigenvalue weighted by molar-refractivity contribution is -0.140. The van der Waals surface area contributed by atoms with Crippen molar-refractivity contribution in [2.75, 3.05) is 13.2 Å². The third-order valence-corrected chi connectivity index (χ3v) is 3.62. The molecule has 2 aromatic rings. The lowest BCUT2D eigenvalue weighted by Crippen LogP contribution is -2.12. The summed E-state index contributed by atoms with van der Waals surface area (Å²) in [6.07, 6.45) is 1.39. The first kappa shape index (κ1) is 19.7. The number of carbonyl (C=O) groups excluding carboxylic acids is 2. The van der Waals surface area contributed by atoms with E-state index in [2.05, 4.69) is 6.58 Å². The number of ether oxygens (including phenoxy) is 2. The second-order valence-electron chi connectivity index (χ2n) is 5.45. The number of hydrogen-bond donors (Lipinski definition) is 0. The molecule has 2 rings (SSSR count). The summed E-state index contributed by atoms with van der Waals surface area (Å²) in [6, 6.07) is 20.4. The minimum atomic E-state index is -0.713. The number of rotatable bonds is 8. The zero-order valence-corrected chi connectivity index (χ0v) is 14.8. The summed E-state index contributed by atoms with van der Waals surface area (Å²) >= 11 is 0. The predicted molar refractivity (Wildman–Crippen MR) is 101 cm³/mol. The van der Waals surface area contributed by atoms with Crippen LogP contribution in [-0.4, -0.2) is 25.2 Å². The summed E-state index contributed by atoms with van der Waals surface area (Å²) in [5.74, 6) is -1.25. The van der Waals surface area contributed by atoms with Crippen molar-refractivity contribution >= 4 is 17.5 Å². The molecule has 0 saturated carbocycles. The van der Waals surface area contributed by atoms with Gasteiger partial charge in [-0.1, -0.05) is 67.2 Å². The van der Waals surface area contributed by atoms with Crippen molar-refractivity contribution in [1.29, 1.82) is 5.26 Å². The molecule has 5 heteroatoms. The molecule has 0 amide bonds. The Kier molecular flexibility index (Phi) is 7.55. The van der Waals surface area contributed by atoms with Gasteiger partial charge in [0.15, 0.2) is 0 Å². The average molecular weight is 361 g/mol. The maximum absolute atomic E-state index is 12.5. The zero-order valence-electron chi connectivity index (χ0n) is 14.8. The van der Waals surface area contributed by atoms with Gasteiger partial charge < -0.3 is 9.47 Å². The molecule has 5 nitrogen and oxygen atoms in total. The van der Waals surface area contributed by atoms with E-state index in [-0.39, 0.29) is 18.8 Å². The molecule has 0 aromatic heterocycles. The maximum atomic E-state index is 12.5. The van der Waals surface area contributed by atoms with Crippen LogP contribution in [0, 0.1) is 11.3 Å². The Morgan fingerprint density at radius 3 is 1.93 bits per heavy atom. The van der Waals surface area contributed by atoms with Crippen LogP contribution in [-0.2, 0) is 19.1 Å². The fourth-order valence-corrected chi connectivity index (χ4v) is 2.40. The molecule has 0 heterocycles. The number of benzene rings is 2. The van der Waals surface area contributed by atoms with Crippen LogP contribution in [0.4, 0.5) is 0 Å². The summed E-state index contributed by atoms with van der Waals surface area (Å²) in [4.78, 5) is 23.5. The van der Waals surface area contributed by atoms with Gasteiger partial charge in [0.25, 0.3) is 0 Å². The Morgan fingerprint density at radius 2 is 1.44 bits per heavy atom. The minimum Gasteiger partial charge on any atom is -0.462 e. The number of esters is 2. The summed E-state index contributed by atoms with van der Waals surface area (Å²) in [6.45, 7) is 3.44. The van der Waals surface area contributed by atoms with E-state index in [1.54, 1.807) is 0 Å².